The Morgan fingerprint density at radius 3 is 2.50 bits per heavy atom. The molecule has 1 N–H and O–H groups in total. The van der Waals surface area contributed by atoms with Gasteiger partial charge < -0.3 is 15.0 Å². The van der Waals surface area contributed by atoms with E-state index in [4.69, 9.17) is 4.74 Å². The second-order valence-electron chi connectivity index (χ2n) is 7.67. The van der Waals surface area contributed by atoms with Crippen molar-refractivity contribution in [2.75, 3.05) is 43.5 Å². The lowest BCUT2D eigenvalue weighted by Gasteiger charge is -2.34. The van der Waals surface area contributed by atoms with Gasteiger partial charge in [0.15, 0.2) is 0 Å². The molecule has 11 nitrogen and oxygen atoms in total. The van der Waals surface area contributed by atoms with E-state index >= 15 is 0 Å². The molecule has 0 radical (unpaired) electrons. The summed E-state index contributed by atoms with van der Waals surface area (Å²) in [6.07, 6.45) is 0. The highest BCUT2D eigenvalue weighted by Gasteiger charge is 2.23. The van der Waals surface area contributed by atoms with Gasteiger partial charge in [0, 0.05) is 31.9 Å². The molecule has 0 spiro atoms. The maximum absolute atomic E-state index is 12.5. The molecular weight excluding hydrogens is 454 g/mol. The highest BCUT2D eigenvalue weighted by atomic mass is 32.1. The number of amides is 1. The number of rotatable bonds is 7. The summed E-state index contributed by atoms with van der Waals surface area (Å²) in [5.74, 6) is 1.19. The van der Waals surface area contributed by atoms with E-state index in [2.05, 4.69) is 40.8 Å². The molecule has 174 valence electrons. The van der Waals surface area contributed by atoms with Gasteiger partial charge in [0.2, 0.25) is 11.0 Å². The number of aromatic nitrogens is 6. The summed E-state index contributed by atoms with van der Waals surface area (Å²) in [6.45, 7) is 3.88. The van der Waals surface area contributed by atoms with Crippen LogP contribution < -0.4 is 15.0 Å². The zero-order valence-corrected chi connectivity index (χ0v) is 19.4. The van der Waals surface area contributed by atoms with E-state index in [0.29, 0.717) is 17.2 Å². The number of hydrogen-bond donors (Lipinski definition) is 1. The Morgan fingerprint density at radius 1 is 1.00 bits per heavy atom. The van der Waals surface area contributed by atoms with E-state index in [1.165, 1.54) is 11.3 Å². The number of carbonyl (C=O) groups is 1. The summed E-state index contributed by atoms with van der Waals surface area (Å²) >= 11 is 1.31. The molecule has 0 unspecified atom stereocenters. The van der Waals surface area contributed by atoms with Crippen LogP contribution in [0.25, 0.3) is 5.69 Å². The number of nitrogens with zero attached hydrogens (tertiary/aromatic N) is 8. The molecule has 34 heavy (non-hydrogen) atoms. The van der Waals surface area contributed by atoms with Crippen LogP contribution in [0.5, 0.6) is 5.75 Å². The SMILES string of the molecule is COc1ccc(NC(=O)c2nnc(CN3CCN(c4nnnn4-c4ccccc4)CC3)s2)cc1. The van der Waals surface area contributed by atoms with Crippen LogP contribution in [0.1, 0.15) is 14.8 Å². The average Bonchev–Trinajstić information content (AvgIpc) is 3.56. The van der Waals surface area contributed by atoms with Gasteiger partial charge in [0.25, 0.3) is 5.91 Å². The fourth-order valence-corrected chi connectivity index (χ4v) is 4.46. The van der Waals surface area contributed by atoms with Crippen LogP contribution in [0.4, 0.5) is 11.6 Å². The lowest BCUT2D eigenvalue weighted by molar-refractivity contribution is 0.102. The first kappa shape index (κ1) is 21.9. The molecule has 2 aromatic carbocycles. The van der Waals surface area contributed by atoms with Crippen LogP contribution >= 0.6 is 11.3 Å². The van der Waals surface area contributed by atoms with Gasteiger partial charge in [-0.15, -0.1) is 10.2 Å². The van der Waals surface area contributed by atoms with Gasteiger partial charge in [0.05, 0.1) is 19.3 Å². The zero-order chi connectivity index (χ0) is 23.3. The standard InChI is InChI=1S/C22H23N9O2S/c1-33-18-9-7-16(8-10-18)23-20(32)21-25-24-19(34-21)15-29-11-13-30(14-12-29)22-26-27-28-31(22)17-5-3-2-4-6-17/h2-10H,11-15H2,1H3,(H,23,32). The maximum Gasteiger partial charge on any atom is 0.286 e. The topological polar surface area (TPSA) is 114 Å². The van der Waals surface area contributed by atoms with Crippen molar-refractivity contribution in [2.24, 2.45) is 0 Å². The molecular formula is C22H23N9O2S. The first-order chi connectivity index (χ1) is 16.7. The van der Waals surface area contributed by atoms with Crippen molar-refractivity contribution < 1.29 is 9.53 Å². The average molecular weight is 478 g/mol. The number of carbonyl (C=O) groups excluding carboxylic acids is 1. The number of para-hydroxylation sites is 1. The minimum Gasteiger partial charge on any atom is -0.497 e. The number of anilines is 2. The van der Waals surface area contributed by atoms with Gasteiger partial charge in [-0.3, -0.25) is 9.69 Å². The van der Waals surface area contributed by atoms with Crippen molar-refractivity contribution >= 4 is 28.9 Å². The van der Waals surface area contributed by atoms with E-state index in [1.54, 1.807) is 36.1 Å². The minimum absolute atomic E-state index is 0.272. The number of methoxy groups -OCH3 is 1. The third-order valence-corrected chi connectivity index (χ3v) is 6.38. The van der Waals surface area contributed by atoms with Gasteiger partial charge in [-0.2, -0.15) is 4.68 Å². The molecule has 1 aliphatic rings. The number of piperazine rings is 1. The summed E-state index contributed by atoms with van der Waals surface area (Å²) in [5, 5.41) is 24.5. The van der Waals surface area contributed by atoms with Crippen molar-refractivity contribution in [3.8, 4) is 11.4 Å². The van der Waals surface area contributed by atoms with E-state index < -0.39 is 0 Å². The Kier molecular flexibility index (Phi) is 6.40. The van der Waals surface area contributed by atoms with Gasteiger partial charge >= 0.3 is 0 Å². The lowest BCUT2D eigenvalue weighted by Crippen LogP contribution is -2.46. The fraction of sp³-hybridized carbons (Fsp3) is 0.273. The number of hydrogen-bond acceptors (Lipinski definition) is 10. The third kappa shape index (κ3) is 4.87. The minimum atomic E-state index is -0.272. The van der Waals surface area contributed by atoms with Crippen LogP contribution in [-0.2, 0) is 6.54 Å². The van der Waals surface area contributed by atoms with Crippen molar-refractivity contribution in [3.05, 3.63) is 64.6 Å². The van der Waals surface area contributed by atoms with Crippen LogP contribution in [-0.4, -0.2) is 74.5 Å². The molecule has 0 atom stereocenters. The molecule has 5 rings (SSSR count). The Bertz CT molecular complexity index is 1230. The van der Waals surface area contributed by atoms with E-state index in [1.807, 2.05) is 30.3 Å². The highest BCUT2D eigenvalue weighted by molar-refractivity contribution is 7.13. The number of benzene rings is 2. The van der Waals surface area contributed by atoms with Gasteiger partial charge in [-0.05, 0) is 46.8 Å². The number of ether oxygens (including phenoxy) is 1. The predicted molar refractivity (Wildman–Crippen MR) is 128 cm³/mol. The molecule has 1 aliphatic heterocycles. The molecule has 0 saturated carbocycles. The Balaban J connectivity index is 1.15. The van der Waals surface area contributed by atoms with Crippen molar-refractivity contribution in [2.45, 2.75) is 6.54 Å². The van der Waals surface area contributed by atoms with Crippen LogP contribution in [0.15, 0.2) is 54.6 Å². The summed E-state index contributed by atoms with van der Waals surface area (Å²) < 4.78 is 6.89. The molecule has 3 heterocycles. The molecule has 12 heteroatoms. The number of nitrogens with one attached hydrogen (secondary N) is 1. The van der Waals surface area contributed by atoms with Gasteiger partial charge in [0.1, 0.15) is 10.8 Å². The quantitative estimate of drug-likeness (QED) is 0.427. The van der Waals surface area contributed by atoms with Gasteiger partial charge in [-0.25, -0.2) is 0 Å². The molecule has 1 amide bonds. The first-order valence-corrected chi connectivity index (χ1v) is 11.6. The number of tetrazole rings is 1. The van der Waals surface area contributed by atoms with E-state index in [0.717, 1.165) is 48.6 Å². The van der Waals surface area contributed by atoms with Crippen molar-refractivity contribution in [3.63, 3.8) is 0 Å². The third-order valence-electron chi connectivity index (χ3n) is 5.48. The molecule has 2 aromatic heterocycles. The Morgan fingerprint density at radius 2 is 1.76 bits per heavy atom. The predicted octanol–water partition coefficient (Wildman–Crippen LogP) is 2.10. The summed E-state index contributed by atoms with van der Waals surface area (Å²) in [4.78, 5) is 17.0. The lowest BCUT2D eigenvalue weighted by atomic mass is 10.3. The smallest absolute Gasteiger partial charge is 0.286 e. The molecule has 0 aliphatic carbocycles. The van der Waals surface area contributed by atoms with E-state index in [-0.39, 0.29) is 5.91 Å². The molecule has 1 saturated heterocycles. The summed E-state index contributed by atoms with van der Waals surface area (Å²) in [6, 6.07) is 17.0. The van der Waals surface area contributed by atoms with Crippen LogP contribution in [0.2, 0.25) is 0 Å². The molecule has 4 aromatic rings. The second-order valence-corrected chi connectivity index (χ2v) is 8.74. The summed E-state index contributed by atoms with van der Waals surface area (Å²) in [7, 11) is 1.60. The van der Waals surface area contributed by atoms with Crippen molar-refractivity contribution in [1.29, 1.82) is 0 Å². The zero-order valence-electron chi connectivity index (χ0n) is 18.5. The maximum atomic E-state index is 12.5. The Hall–Kier alpha value is -3.90. The molecule has 1 fully saturated rings. The van der Waals surface area contributed by atoms with Crippen molar-refractivity contribution in [1.82, 2.24) is 35.3 Å². The largest absolute Gasteiger partial charge is 0.497 e. The van der Waals surface area contributed by atoms with Crippen LogP contribution in [0, 0.1) is 0 Å². The first-order valence-electron chi connectivity index (χ1n) is 10.8. The van der Waals surface area contributed by atoms with Gasteiger partial charge in [-0.1, -0.05) is 34.6 Å². The summed E-state index contributed by atoms with van der Waals surface area (Å²) in [5.41, 5.74) is 1.61. The Labute approximate surface area is 200 Å². The van der Waals surface area contributed by atoms with Crippen LogP contribution in [0.3, 0.4) is 0 Å². The van der Waals surface area contributed by atoms with E-state index in [9.17, 15) is 4.79 Å². The highest BCUT2D eigenvalue weighted by Crippen LogP contribution is 2.20. The fourth-order valence-electron chi connectivity index (χ4n) is 3.68. The molecule has 0 bridgehead atoms. The monoisotopic (exact) mass is 477 g/mol. The normalized spacial score (nSPS) is 14.2. The second kappa shape index (κ2) is 9.93.